The maximum atomic E-state index is 12.2. The molecule has 106 valence electrons. The van der Waals surface area contributed by atoms with Crippen LogP contribution in [-0.2, 0) is 10.1 Å². The van der Waals surface area contributed by atoms with Gasteiger partial charge in [-0.3, -0.25) is 0 Å². The molecule has 1 aromatic heterocycles. The van der Waals surface area contributed by atoms with E-state index < -0.39 is 15.7 Å². The van der Waals surface area contributed by atoms with Crippen LogP contribution in [0.3, 0.4) is 0 Å². The van der Waals surface area contributed by atoms with Crippen LogP contribution in [0.25, 0.3) is 11.0 Å². The number of fused-ring (bicyclic) bond motifs is 1. The third-order valence-corrected chi connectivity index (χ3v) is 4.07. The molecule has 0 atom stereocenters. The lowest BCUT2D eigenvalue weighted by atomic mass is 10.2. The van der Waals surface area contributed by atoms with Crippen molar-refractivity contribution in [3.8, 4) is 5.75 Å². The molecule has 0 aliphatic rings. The standard InChI is InChI=1S/C15H10O5S/c16-15-9-6-11-10-13(7-8-14(11)19-15)21(17,18)20-12-4-2-1-3-5-12/h1-10H. The molecule has 6 heteroatoms. The molecule has 0 saturated heterocycles. The van der Waals surface area contributed by atoms with Crippen molar-refractivity contribution in [1.82, 2.24) is 0 Å². The molecule has 3 aromatic rings. The Morgan fingerprint density at radius 2 is 1.67 bits per heavy atom. The summed E-state index contributed by atoms with van der Waals surface area (Å²) in [6, 6.07) is 15.1. The van der Waals surface area contributed by atoms with Crippen LogP contribution < -0.4 is 9.81 Å². The summed E-state index contributed by atoms with van der Waals surface area (Å²) in [6.07, 6.45) is 0. The molecule has 0 amide bonds. The highest BCUT2D eigenvalue weighted by Crippen LogP contribution is 2.21. The number of para-hydroxylation sites is 1. The van der Waals surface area contributed by atoms with E-state index in [1.807, 2.05) is 0 Å². The highest BCUT2D eigenvalue weighted by molar-refractivity contribution is 7.87. The first kappa shape index (κ1) is 13.4. The van der Waals surface area contributed by atoms with E-state index in [1.165, 1.54) is 30.3 Å². The zero-order valence-corrected chi connectivity index (χ0v) is 11.5. The fraction of sp³-hybridized carbons (Fsp3) is 0. The molecule has 5 nitrogen and oxygen atoms in total. The highest BCUT2D eigenvalue weighted by Gasteiger charge is 2.17. The fourth-order valence-corrected chi connectivity index (χ4v) is 2.82. The molecule has 0 saturated carbocycles. The molecule has 2 aromatic carbocycles. The van der Waals surface area contributed by atoms with Gasteiger partial charge in [-0.25, -0.2) is 4.79 Å². The van der Waals surface area contributed by atoms with E-state index in [0.717, 1.165) is 0 Å². The Balaban J connectivity index is 2.03. The van der Waals surface area contributed by atoms with Gasteiger partial charge in [0, 0.05) is 11.5 Å². The Hall–Kier alpha value is -2.60. The highest BCUT2D eigenvalue weighted by atomic mass is 32.2. The molecule has 0 aliphatic carbocycles. The van der Waals surface area contributed by atoms with Crippen molar-refractivity contribution in [2.24, 2.45) is 0 Å². The summed E-state index contributed by atoms with van der Waals surface area (Å²) in [5.74, 6) is 0.234. The third kappa shape index (κ3) is 2.80. The number of hydrogen-bond donors (Lipinski definition) is 0. The van der Waals surface area contributed by atoms with Gasteiger partial charge < -0.3 is 8.60 Å². The van der Waals surface area contributed by atoms with E-state index in [1.54, 1.807) is 30.3 Å². The fourth-order valence-electron chi connectivity index (χ4n) is 1.86. The lowest BCUT2D eigenvalue weighted by Gasteiger charge is -2.07. The van der Waals surface area contributed by atoms with Crippen LogP contribution in [0.4, 0.5) is 0 Å². The first-order valence-electron chi connectivity index (χ1n) is 6.08. The molecular formula is C15H10O5S. The first-order chi connectivity index (χ1) is 10.0. The minimum atomic E-state index is -3.93. The molecule has 0 bridgehead atoms. The predicted molar refractivity (Wildman–Crippen MR) is 76.7 cm³/mol. The minimum absolute atomic E-state index is 0.00676. The molecule has 0 fully saturated rings. The maximum absolute atomic E-state index is 12.2. The molecule has 0 N–H and O–H groups in total. The van der Waals surface area contributed by atoms with Gasteiger partial charge >= 0.3 is 15.7 Å². The number of benzene rings is 2. The van der Waals surface area contributed by atoms with Crippen molar-refractivity contribution in [3.63, 3.8) is 0 Å². The third-order valence-electron chi connectivity index (χ3n) is 2.83. The lowest BCUT2D eigenvalue weighted by molar-refractivity contribution is 0.486. The second-order valence-corrected chi connectivity index (χ2v) is 5.85. The zero-order valence-electron chi connectivity index (χ0n) is 10.7. The molecule has 0 unspecified atom stereocenters. The van der Waals surface area contributed by atoms with E-state index in [9.17, 15) is 13.2 Å². The summed E-state index contributed by atoms with van der Waals surface area (Å²) in [5.41, 5.74) is -0.167. The monoisotopic (exact) mass is 302 g/mol. The van der Waals surface area contributed by atoms with E-state index in [2.05, 4.69) is 0 Å². The quantitative estimate of drug-likeness (QED) is 0.549. The minimum Gasteiger partial charge on any atom is -0.423 e. The van der Waals surface area contributed by atoms with Crippen molar-refractivity contribution >= 4 is 21.1 Å². The van der Waals surface area contributed by atoms with Crippen molar-refractivity contribution in [2.45, 2.75) is 4.90 Å². The normalized spacial score (nSPS) is 11.4. The van der Waals surface area contributed by atoms with Gasteiger partial charge in [0.25, 0.3) is 0 Å². The molecule has 0 spiro atoms. The van der Waals surface area contributed by atoms with Gasteiger partial charge in [0.15, 0.2) is 0 Å². The van der Waals surface area contributed by atoms with E-state index in [4.69, 9.17) is 8.60 Å². The van der Waals surface area contributed by atoms with Gasteiger partial charge in [0.2, 0.25) is 0 Å². The second-order valence-electron chi connectivity index (χ2n) is 4.30. The van der Waals surface area contributed by atoms with Crippen molar-refractivity contribution in [3.05, 3.63) is 71.1 Å². The summed E-state index contributed by atoms with van der Waals surface area (Å²) >= 11 is 0. The Kier molecular flexibility index (Phi) is 3.23. The molecule has 21 heavy (non-hydrogen) atoms. The Morgan fingerprint density at radius 3 is 2.43 bits per heavy atom. The van der Waals surface area contributed by atoms with Crippen molar-refractivity contribution in [1.29, 1.82) is 0 Å². The van der Waals surface area contributed by atoms with Crippen LogP contribution in [0.15, 0.2) is 74.8 Å². The van der Waals surface area contributed by atoms with Gasteiger partial charge in [-0.2, -0.15) is 8.42 Å². The average Bonchev–Trinajstić information content (AvgIpc) is 2.47. The predicted octanol–water partition coefficient (Wildman–Crippen LogP) is 2.56. The van der Waals surface area contributed by atoms with Crippen molar-refractivity contribution in [2.75, 3.05) is 0 Å². The van der Waals surface area contributed by atoms with Crippen LogP contribution in [0.1, 0.15) is 0 Å². The summed E-state index contributed by atoms with van der Waals surface area (Å²) in [6.45, 7) is 0. The lowest BCUT2D eigenvalue weighted by Crippen LogP contribution is -2.09. The van der Waals surface area contributed by atoms with Gasteiger partial charge in [-0.15, -0.1) is 0 Å². The van der Waals surface area contributed by atoms with E-state index >= 15 is 0 Å². The first-order valence-corrected chi connectivity index (χ1v) is 7.49. The molecule has 1 heterocycles. The maximum Gasteiger partial charge on any atom is 0.339 e. The number of rotatable bonds is 3. The van der Waals surface area contributed by atoms with E-state index in [-0.39, 0.29) is 10.6 Å². The SMILES string of the molecule is O=c1ccc2cc(S(=O)(=O)Oc3ccccc3)ccc2o1. The molecular weight excluding hydrogens is 292 g/mol. The molecule has 0 radical (unpaired) electrons. The van der Waals surface area contributed by atoms with Crippen LogP contribution in [0.2, 0.25) is 0 Å². The van der Waals surface area contributed by atoms with Gasteiger partial charge in [0.1, 0.15) is 16.2 Å². The van der Waals surface area contributed by atoms with E-state index in [0.29, 0.717) is 11.0 Å². The average molecular weight is 302 g/mol. The Bertz CT molecular complexity index is 942. The Labute approximate surface area is 120 Å². The van der Waals surface area contributed by atoms with Gasteiger partial charge in [-0.05, 0) is 36.4 Å². The van der Waals surface area contributed by atoms with Gasteiger partial charge in [0.05, 0.1) is 0 Å². The van der Waals surface area contributed by atoms with Crippen LogP contribution in [0.5, 0.6) is 5.75 Å². The zero-order chi connectivity index (χ0) is 14.9. The number of hydrogen-bond acceptors (Lipinski definition) is 5. The van der Waals surface area contributed by atoms with Crippen LogP contribution in [-0.4, -0.2) is 8.42 Å². The smallest absolute Gasteiger partial charge is 0.339 e. The Morgan fingerprint density at radius 1 is 0.905 bits per heavy atom. The summed E-state index contributed by atoms with van der Waals surface area (Å²) in [5, 5.41) is 0.507. The van der Waals surface area contributed by atoms with Crippen LogP contribution >= 0.6 is 0 Å². The van der Waals surface area contributed by atoms with Crippen LogP contribution in [0, 0.1) is 0 Å². The summed E-state index contributed by atoms with van der Waals surface area (Å²) in [4.78, 5) is 11.1. The largest absolute Gasteiger partial charge is 0.423 e. The van der Waals surface area contributed by atoms with Gasteiger partial charge in [-0.1, -0.05) is 18.2 Å². The second kappa shape index (κ2) is 5.06. The summed E-state index contributed by atoms with van der Waals surface area (Å²) in [7, 11) is -3.93. The van der Waals surface area contributed by atoms with Crippen molar-refractivity contribution < 1.29 is 17.0 Å². The topological polar surface area (TPSA) is 73.6 Å². The molecule has 3 rings (SSSR count). The molecule has 0 aliphatic heterocycles. The summed E-state index contributed by atoms with van der Waals surface area (Å²) < 4.78 is 34.4.